The Hall–Kier alpha value is -3.89. The van der Waals surface area contributed by atoms with Crippen LogP contribution in [0.5, 0.6) is 5.75 Å². The van der Waals surface area contributed by atoms with E-state index < -0.39 is 0 Å². The highest BCUT2D eigenvalue weighted by atomic mass is 79.9. The fourth-order valence-electron chi connectivity index (χ4n) is 4.08. The van der Waals surface area contributed by atoms with Crippen molar-refractivity contribution in [2.75, 3.05) is 12.0 Å². The van der Waals surface area contributed by atoms with Gasteiger partial charge in [-0.25, -0.2) is 0 Å². The van der Waals surface area contributed by atoms with E-state index in [1.807, 2.05) is 91.0 Å². The minimum Gasteiger partial charge on any atom is -0.496 e. The molecule has 1 amide bonds. The highest BCUT2D eigenvalue weighted by Gasteiger charge is 2.30. The van der Waals surface area contributed by atoms with Gasteiger partial charge in [0.25, 0.3) is 5.91 Å². The molecule has 0 radical (unpaired) electrons. The molecule has 34 heavy (non-hydrogen) atoms. The molecule has 1 aliphatic heterocycles. The molecule has 1 heterocycles. The monoisotopic (exact) mass is 507 g/mol. The predicted octanol–water partition coefficient (Wildman–Crippen LogP) is 7.60. The standard InChI is InChI=1S/C30H22BrNO2/c1-34-29-17-12-21(19-27(29)31)18-25-20-28(24-10-6-3-7-11-24)32(30(25)33)26-15-13-23(14-16-26)22-8-4-2-5-9-22/h2-20H,1H3/b25-18-. The van der Waals surface area contributed by atoms with Crippen LogP contribution in [-0.4, -0.2) is 13.0 Å². The van der Waals surface area contributed by atoms with Crippen molar-refractivity contribution in [1.82, 2.24) is 0 Å². The van der Waals surface area contributed by atoms with Gasteiger partial charge in [-0.15, -0.1) is 0 Å². The van der Waals surface area contributed by atoms with Crippen molar-refractivity contribution in [1.29, 1.82) is 0 Å². The van der Waals surface area contributed by atoms with Crippen LogP contribution in [0.25, 0.3) is 22.9 Å². The number of nitrogens with zero attached hydrogens (tertiary/aromatic N) is 1. The summed E-state index contributed by atoms with van der Waals surface area (Å²) in [4.78, 5) is 15.4. The van der Waals surface area contributed by atoms with Crippen molar-refractivity contribution in [3.8, 4) is 16.9 Å². The van der Waals surface area contributed by atoms with Crippen LogP contribution in [0.15, 0.2) is 119 Å². The third-order valence-corrected chi connectivity index (χ3v) is 6.40. The lowest BCUT2D eigenvalue weighted by Crippen LogP contribution is -2.24. The number of ether oxygens (including phenoxy) is 1. The largest absolute Gasteiger partial charge is 0.496 e. The molecule has 0 fully saturated rings. The van der Waals surface area contributed by atoms with Crippen LogP contribution < -0.4 is 9.64 Å². The van der Waals surface area contributed by atoms with E-state index in [1.165, 1.54) is 0 Å². The van der Waals surface area contributed by atoms with Crippen molar-refractivity contribution >= 4 is 39.3 Å². The molecular formula is C30H22BrNO2. The van der Waals surface area contributed by atoms with Crippen LogP contribution >= 0.6 is 15.9 Å². The lowest BCUT2D eigenvalue weighted by molar-refractivity contribution is -0.113. The Balaban J connectivity index is 1.54. The highest BCUT2D eigenvalue weighted by molar-refractivity contribution is 9.10. The smallest absolute Gasteiger partial charge is 0.262 e. The Bertz CT molecular complexity index is 1390. The number of anilines is 1. The van der Waals surface area contributed by atoms with Gasteiger partial charge in [-0.05, 0) is 74.6 Å². The maximum Gasteiger partial charge on any atom is 0.262 e. The molecule has 3 nitrogen and oxygen atoms in total. The van der Waals surface area contributed by atoms with Crippen LogP contribution in [0.2, 0.25) is 0 Å². The number of rotatable bonds is 5. The summed E-state index contributed by atoms with van der Waals surface area (Å²) in [7, 11) is 1.63. The van der Waals surface area contributed by atoms with Crippen molar-refractivity contribution in [3.05, 3.63) is 130 Å². The normalized spacial score (nSPS) is 14.4. The van der Waals surface area contributed by atoms with E-state index in [-0.39, 0.29) is 5.91 Å². The summed E-state index contributed by atoms with van der Waals surface area (Å²) < 4.78 is 6.17. The first-order valence-corrected chi connectivity index (χ1v) is 11.8. The molecule has 0 bridgehead atoms. The van der Waals surface area contributed by atoms with E-state index in [1.54, 1.807) is 12.0 Å². The quantitative estimate of drug-likeness (QED) is 0.260. The minimum absolute atomic E-state index is 0.0572. The topological polar surface area (TPSA) is 29.5 Å². The van der Waals surface area contributed by atoms with Gasteiger partial charge in [0.2, 0.25) is 0 Å². The molecule has 4 aromatic carbocycles. The maximum atomic E-state index is 13.6. The van der Waals surface area contributed by atoms with Crippen molar-refractivity contribution in [3.63, 3.8) is 0 Å². The molecule has 0 saturated carbocycles. The van der Waals surface area contributed by atoms with Gasteiger partial charge in [0, 0.05) is 11.3 Å². The average Bonchev–Trinajstić information content (AvgIpc) is 3.21. The molecule has 5 rings (SSSR count). The first-order valence-electron chi connectivity index (χ1n) is 11.0. The van der Waals surface area contributed by atoms with Gasteiger partial charge < -0.3 is 4.74 Å². The molecule has 1 aliphatic rings. The summed E-state index contributed by atoms with van der Waals surface area (Å²) in [6.45, 7) is 0. The van der Waals surface area contributed by atoms with E-state index in [4.69, 9.17) is 4.74 Å². The number of hydrogen-bond donors (Lipinski definition) is 0. The van der Waals surface area contributed by atoms with Crippen LogP contribution in [-0.2, 0) is 4.79 Å². The third-order valence-electron chi connectivity index (χ3n) is 5.78. The number of hydrogen-bond acceptors (Lipinski definition) is 2. The van der Waals surface area contributed by atoms with Gasteiger partial charge in [0.1, 0.15) is 5.75 Å². The van der Waals surface area contributed by atoms with Gasteiger partial charge >= 0.3 is 0 Å². The van der Waals surface area contributed by atoms with Crippen LogP contribution in [0, 0.1) is 0 Å². The first-order chi connectivity index (χ1) is 16.6. The van der Waals surface area contributed by atoms with E-state index in [0.717, 1.165) is 43.9 Å². The lowest BCUT2D eigenvalue weighted by atomic mass is 10.0. The second-order valence-corrected chi connectivity index (χ2v) is 8.80. The Kier molecular flexibility index (Phi) is 6.15. The average molecular weight is 508 g/mol. The molecule has 0 saturated heterocycles. The first kappa shape index (κ1) is 21.9. The third kappa shape index (κ3) is 4.33. The van der Waals surface area contributed by atoms with Crippen molar-refractivity contribution in [2.24, 2.45) is 0 Å². The SMILES string of the molecule is COc1ccc(/C=C2/C=C(c3ccccc3)N(c3ccc(-c4ccccc4)cc3)C2=O)cc1Br. The fourth-order valence-corrected chi connectivity index (χ4v) is 4.64. The molecule has 166 valence electrons. The zero-order valence-electron chi connectivity index (χ0n) is 18.6. The maximum absolute atomic E-state index is 13.6. The van der Waals surface area contributed by atoms with Crippen LogP contribution in [0.1, 0.15) is 11.1 Å². The summed E-state index contributed by atoms with van der Waals surface area (Å²) in [6, 6.07) is 34.1. The number of amides is 1. The van der Waals surface area contributed by atoms with E-state index in [2.05, 4.69) is 40.2 Å². The van der Waals surface area contributed by atoms with E-state index in [0.29, 0.717) is 5.57 Å². The minimum atomic E-state index is -0.0572. The van der Waals surface area contributed by atoms with E-state index >= 15 is 0 Å². The van der Waals surface area contributed by atoms with E-state index in [9.17, 15) is 4.79 Å². The Labute approximate surface area is 207 Å². The van der Waals surface area contributed by atoms with Gasteiger partial charge in [-0.3, -0.25) is 9.69 Å². The predicted molar refractivity (Wildman–Crippen MR) is 142 cm³/mol. The number of methoxy groups -OCH3 is 1. The second-order valence-electron chi connectivity index (χ2n) is 7.94. The summed E-state index contributed by atoms with van der Waals surface area (Å²) in [6.07, 6.45) is 3.87. The van der Waals surface area contributed by atoms with Gasteiger partial charge in [0.05, 0.1) is 17.3 Å². The Morgan fingerprint density at radius 2 is 1.38 bits per heavy atom. The summed E-state index contributed by atoms with van der Waals surface area (Å²) in [5.74, 6) is 0.693. The lowest BCUT2D eigenvalue weighted by Gasteiger charge is -2.21. The molecule has 4 heteroatoms. The summed E-state index contributed by atoms with van der Waals surface area (Å²) in [5.41, 5.74) is 6.48. The Morgan fingerprint density at radius 1 is 0.765 bits per heavy atom. The molecule has 0 spiro atoms. The summed E-state index contributed by atoms with van der Waals surface area (Å²) >= 11 is 3.53. The molecule has 0 atom stereocenters. The molecule has 0 aromatic heterocycles. The van der Waals surface area contributed by atoms with Gasteiger partial charge in [0.15, 0.2) is 0 Å². The zero-order valence-corrected chi connectivity index (χ0v) is 20.2. The van der Waals surface area contributed by atoms with Crippen molar-refractivity contribution < 1.29 is 9.53 Å². The van der Waals surface area contributed by atoms with Gasteiger partial charge in [-0.2, -0.15) is 0 Å². The molecular weight excluding hydrogens is 486 g/mol. The number of halogens is 1. The van der Waals surface area contributed by atoms with Crippen LogP contribution in [0.4, 0.5) is 5.69 Å². The molecule has 0 unspecified atom stereocenters. The van der Waals surface area contributed by atoms with Gasteiger partial charge in [-0.1, -0.05) is 78.9 Å². The Morgan fingerprint density at radius 3 is 2.00 bits per heavy atom. The van der Waals surface area contributed by atoms with Crippen molar-refractivity contribution in [2.45, 2.75) is 0 Å². The molecule has 0 N–H and O–H groups in total. The zero-order chi connectivity index (χ0) is 23.5. The number of carbonyl (C=O) groups excluding carboxylic acids is 1. The summed E-state index contributed by atoms with van der Waals surface area (Å²) in [5, 5.41) is 0. The fraction of sp³-hybridized carbons (Fsp3) is 0.0333. The van der Waals surface area contributed by atoms with Crippen LogP contribution in [0.3, 0.4) is 0 Å². The second kappa shape index (κ2) is 9.54. The number of carbonyl (C=O) groups is 1. The molecule has 0 aliphatic carbocycles. The molecule has 4 aromatic rings. The highest BCUT2D eigenvalue weighted by Crippen LogP contribution is 2.36. The number of benzene rings is 4.